The van der Waals surface area contributed by atoms with Crippen LogP contribution in [0.2, 0.25) is 0 Å². The lowest BCUT2D eigenvalue weighted by atomic mass is 10.3. The van der Waals surface area contributed by atoms with Gasteiger partial charge in [0.15, 0.2) is 18.1 Å². The van der Waals surface area contributed by atoms with E-state index >= 15 is 0 Å². The molecule has 2 rings (SSSR count). The Hall–Kier alpha value is -2.28. The number of hydrazone groups is 1. The molecule has 2 aromatic rings. The maximum atomic E-state index is 11.6. The summed E-state index contributed by atoms with van der Waals surface area (Å²) < 4.78 is 16.7. The Morgan fingerprint density at radius 3 is 2.86 bits per heavy atom. The van der Waals surface area contributed by atoms with Crippen molar-refractivity contribution in [3.63, 3.8) is 0 Å². The molecule has 0 saturated carbocycles. The third kappa shape index (κ3) is 4.63. The minimum absolute atomic E-state index is 0.174. The van der Waals surface area contributed by atoms with E-state index in [1.54, 1.807) is 24.3 Å². The van der Waals surface area contributed by atoms with Crippen LogP contribution in [0.15, 0.2) is 44.3 Å². The van der Waals surface area contributed by atoms with Crippen molar-refractivity contribution in [1.82, 2.24) is 5.43 Å². The van der Waals surface area contributed by atoms with E-state index < -0.39 is 0 Å². The molecule has 0 saturated heterocycles. The van der Waals surface area contributed by atoms with Crippen LogP contribution in [0.25, 0.3) is 0 Å². The van der Waals surface area contributed by atoms with E-state index in [0.29, 0.717) is 17.3 Å². The average Bonchev–Trinajstić information content (AvgIpc) is 2.91. The molecule has 0 atom stereocenters. The van der Waals surface area contributed by atoms with E-state index in [0.717, 1.165) is 10.2 Å². The van der Waals surface area contributed by atoms with Crippen LogP contribution in [0.1, 0.15) is 11.5 Å². The van der Waals surface area contributed by atoms with Gasteiger partial charge in [0.2, 0.25) is 0 Å². The fourth-order valence-corrected chi connectivity index (χ4v) is 1.97. The number of halogens is 1. The summed E-state index contributed by atoms with van der Waals surface area (Å²) in [6.45, 7) is 1.65. The first-order valence-corrected chi connectivity index (χ1v) is 7.22. The van der Waals surface area contributed by atoms with Crippen LogP contribution in [-0.4, -0.2) is 25.8 Å². The standard InChI is InChI=1S/C15H15BrN2O4/c1-10-3-5-12(22-10)8-17-18-15(19)9-21-13-6-4-11(16)7-14(13)20-2/h3-8H,9H2,1-2H3,(H,18,19). The van der Waals surface area contributed by atoms with E-state index in [1.807, 2.05) is 13.0 Å². The molecule has 0 bridgehead atoms. The second-order valence-electron chi connectivity index (χ2n) is 4.33. The largest absolute Gasteiger partial charge is 0.493 e. The number of carbonyl (C=O) groups excluding carboxylic acids is 1. The van der Waals surface area contributed by atoms with E-state index in [-0.39, 0.29) is 12.5 Å². The summed E-state index contributed by atoms with van der Waals surface area (Å²) in [5.74, 6) is 1.97. The number of ether oxygens (including phenoxy) is 2. The smallest absolute Gasteiger partial charge is 0.277 e. The van der Waals surface area contributed by atoms with Crippen LogP contribution < -0.4 is 14.9 Å². The number of rotatable bonds is 6. The first-order valence-electron chi connectivity index (χ1n) is 6.43. The SMILES string of the molecule is COc1cc(Br)ccc1OCC(=O)NN=Cc1ccc(C)o1. The molecule has 1 amide bonds. The topological polar surface area (TPSA) is 73.1 Å². The van der Waals surface area contributed by atoms with Gasteiger partial charge in [0.1, 0.15) is 11.5 Å². The lowest BCUT2D eigenvalue weighted by Crippen LogP contribution is -2.24. The number of hydrogen-bond donors (Lipinski definition) is 1. The number of furan rings is 1. The van der Waals surface area contributed by atoms with E-state index in [1.165, 1.54) is 13.3 Å². The van der Waals surface area contributed by atoms with Crippen LogP contribution >= 0.6 is 15.9 Å². The van der Waals surface area contributed by atoms with Gasteiger partial charge in [-0.15, -0.1) is 0 Å². The van der Waals surface area contributed by atoms with Crippen LogP contribution in [0.4, 0.5) is 0 Å². The third-order valence-electron chi connectivity index (χ3n) is 2.63. The molecule has 1 aromatic heterocycles. The molecule has 1 heterocycles. The Morgan fingerprint density at radius 1 is 1.36 bits per heavy atom. The van der Waals surface area contributed by atoms with Crippen molar-refractivity contribution in [2.75, 3.05) is 13.7 Å². The molecule has 0 aliphatic carbocycles. The van der Waals surface area contributed by atoms with Gasteiger partial charge in [-0.25, -0.2) is 5.43 Å². The number of hydrogen-bond acceptors (Lipinski definition) is 5. The molecule has 1 aromatic carbocycles. The number of amides is 1. The van der Waals surface area contributed by atoms with Crippen LogP contribution in [0.3, 0.4) is 0 Å². The summed E-state index contributed by atoms with van der Waals surface area (Å²) in [7, 11) is 1.53. The van der Waals surface area contributed by atoms with Gasteiger partial charge in [-0.2, -0.15) is 5.10 Å². The molecule has 0 aliphatic heterocycles. The second-order valence-corrected chi connectivity index (χ2v) is 5.24. The molecule has 6 nitrogen and oxygen atoms in total. The van der Waals surface area contributed by atoms with Crippen molar-refractivity contribution in [1.29, 1.82) is 0 Å². The zero-order valence-corrected chi connectivity index (χ0v) is 13.7. The zero-order valence-electron chi connectivity index (χ0n) is 12.1. The Labute approximate surface area is 136 Å². The summed E-state index contributed by atoms with van der Waals surface area (Å²) >= 11 is 3.33. The maximum absolute atomic E-state index is 11.6. The summed E-state index contributed by atoms with van der Waals surface area (Å²) in [4.78, 5) is 11.6. The number of aryl methyl sites for hydroxylation is 1. The summed E-state index contributed by atoms with van der Waals surface area (Å²) in [6.07, 6.45) is 1.42. The average molecular weight is 367 g/mol. The van der Waals surface area contributed by atoms with Gasteiger partial charge in [0.25, 0.3) is 5.91 Å². The van der Waals surface area contributed by atoms with Gasteiger partial charge < -0.3 is 13.9 Å². The quantitative estimate of drug-likeness (QED) is 0.630. The predicted octanol–water partition coefficient (Wildman–Crippen LogP) is 2.89. The van der Waals surface area contributed by atoms with E-state index in [2.05, 4.69) is 26.5 Å². The molecule has 0 aliphatic rings. The molecule has 0 radical (unpaired) electrons. The first-order chi connectivity index (χ1) is 10.6. The fraction of sp³-hybridized carbons (Fsp3) is 0.200. The monoisotopic (exact) mass is 366 g/mol. The lowest BCUT2D eigenvalue weighted by Gasteiger charge is -2.09. The summed E-state index contributed by atoms with van der Waals surface area (Å²) in [5.41, 5.74) is 2.35. The number of nitrogens with one attached hydrogen (secondary N) is 1. The normalized spacial score (nSPS) is 10.7. The molecular formula is C15H15BrN2O4. The first kappa shape index (κ1) is 16.1. The Morgan fingerprint density at radius 2 is 2.18 bits per heavy atom. The maximum Gasteiger partial charge on any atom is 0.277 e. The zero-order chi connectivity index (χ0) is 15.9. The molecule has 116 valence electrons. The molecule has 0 unspecified atom stereocenters. The lowest BCUT2D eigenvalue weighted by molar-refractivity contribution is -0.123. The highest BCUT2D eigenvalue weighted by Gasteiger charge is 2.07. The highest BCUT2D eigenvalue weighted by Crippen LogP contribution is 2.29. The van der Waals surface area contributed by atoms with Crippen molar-refractivity contribution in [3.05, 3.63) is 46.3 Å². The highest BCUT2D eigenvalue weighted by atomic mass is 79.9. The fourth-order valence-electron chi connectivity index (χ4n) is 1.63. The van der Waals surface area contributed by atoms with Gasteiger partial charge >= 0.3 is 0 Å². The predicted molar refractivity (Wildman–Crippen MR) is 85.4 cm³/mol. The van der Waals surface area contributed by atoms with Gasteiger partial charge in [0.05, 0.1) is 13.3 Å². The van der Waals surface area contributed by atoms with Crippen LogP contribution in [0, 0.1) is 6.92 Å². The van der Waals surface area contributed by atoms with Crippen LogP contribution in [0.5, 0.6) is 11.5 Å². The van der Waals surface area contributed by atoms with Gasteiger partial charge in [-0.3, -0.25) is 4.79 Å². The summed E-state index contributed by atoms with van der Waals surface area (Å²) in [6, 6.07) is 8.84. The van der Waals surface area contributed by atoms with E-state index in [9.17, 15) is 4.79 Å². The third-order valence-corrected chi connectivity index (χ3v) is 3.12. The van der Waals surface area contributed by atoms with E-state index in [4.69, 9.17) is 13.9 Å². The molecule has 0 spiro atoms. The minimum atomic E-state index is -0.385. The molecule has 22 heavy (non-hydrogen) atoms. The summed E-state index contributed by atoms with van der Waals surface area (Å²) in [5, 5.41) is 3.79. The van der Waals surface area contributed by atoms with Gasteiger partial charge in [0, 0.05) is 4.47 Å². The van der Waals surface area contributed by atoms with Crippen molar-refractivity contribution in [2.45, 2.75) is 6.92 Å². The van der Waals surface area contributed by atoms with Crippen molar-refractivity contribution < 1.29 is 18.7 Å². The Bertz CT molecular complexity index is 682. The minimum Gasteiger partial charge on any atom is -0.493 e. The Kier molecular flexibility index (Phi) is 5.60. The van der Waals surface area contributed by atoms with Crippen molar-refractivity contribution >= 4 is 28.1 Å². The molecule has 1 N–H and O–H groups in total. The highest BCUT2D eigenvalue weighted by molar-refractivity contribution is 9.10. The molecular weight excluding hydrogens is 352 g/mol. The van der Waals surface area contributed by atoms with Gasteiger partial charge in [-0.1, -0.05) is 15.9 Å². The van der Waals surface area contributed by atoms with Crippen molar-refractivity contribution in [2.24, 2.45) is 5.10 Å². The van der Waals surface area contributed by atoms with Crippen LogP contribution in [-0.2, 0) is 4.79 Å². The number of benzene rings is 1. The number of nitrogens with zero attached hydrogens (tertiary/aromatic N) is 1. The number of carbonyl (C=O) groups is 1. The van der Waals surface area contributed by atoms with Gasteiger partial charge in [-0.05, 0) is 37.3 Å². The Balaban J connectivity index is 1.84. The molecule has 7 heteroatoms. The van der Waals surface area contributed by atoms with Crippen molar-refractivity contribution in [3.8, 4) is 11.5 Å². The number of methoxy groups -OCH3 is 1. The molecule has 0 fully saturated rings. The second kappa shape index (κ2) is 7.65.